The van der Waals surface area contributed by atoms with Crippen molar-refractivity contribution in [3.05, 3.63) is 29.8 Å². The molecule has 6 heteroatoms. The minimum atomic E-state index is -1.33. The van der Waals surface area contributed by atoms with Gasteiger partial charge in [0.05, 0.1) is 5.69 Å². The summed E-state index contributed by atoms with van der Waals surface area (Å²) < 4.78 is 12.8. The molecule has 2 atom stereocenters. The molecule has 1 rings (SSSR count). The van der Waals surface area contributed by atoms with Gasteiger partial charge in [0.15, 0.2) is 0 Å². The molecule has 0 radical (unpaired) electrons. The molecule has 0 aliphatic rings. The number of hydrogen-bond acceptors (Lipinski definition) is 4. The highest BCUT2D eigenvalue weighted by Gasteiger charge is 2.20. The first-order valence-electron chi connectivity index (χ1n) is 4.72. The Morgan fingerprint density at radius 3 is 2.88 bits per heavy atom. The number of carbonyl (C=O) groups is 1. The number of aromatic nitrogens is 1. The number of nitrogens with one attached hydrogen (secondary N) is 1. The second-order valence-corrected chi connectivity index (χ2v) is 3.35. The van der Waals surface area contributed by atoms with Gasteiger partial charge in [-0.25, -0.2) is 4.39 Å². The van der Waals surface area contributed by atoms with E-state index in [-0.39, 0.29) is 18.1 Å². The van der Waals surface area contributed by atoms with Crippen LogP contribution in [0.3, 0.4) is 0 Å². The number of pyridine rings is 1. The van der Waals surface area contributed by atoms with Crippen LogP contribution in [0.1, 0.15) is 18.7 Å². The highest BCUT2D eigenvalue weighted by molar-refractivity contribution is 5.72. The zero-order valence-electron chi connectivity index (χ0n) is 8.72. The van der Waals surface area contributed by atoms with Gasteiger partial charge in [0.1, 0.15) is 18.0 Å². The van der Waals surface area contributed by atoms with Gasteiger partial charge in [0.25, 0.3) is 0 Å². The number of halogens is 1. The summed E-state index contributed by atoms with van der Waals surface area (Å²) in [6.45, 7) is 1.17. The number of rotatable bonds is 4. The zero-order chi connectivity index (χ0) is 12.1. The van der Waals surface area contributed by atoms with Gasteiger partial charge in [-0.1, -0.05) is 0 Å². The Morgan fingerprint density at radius 1 is 1.62 bits per heavy atom. The summed E-state index contributed by atoms with van der Waals surface area (Å²) in [5.41, 5.74) is 0.0258. The Kier molecular flexibility index (Phi) is 4.33. The molecule has 2 unspecified atom stereocenters. The summed E-state index contributed by atoms with van der Waals surface area (Å²) in [5.74, 6) is -0.866. The lowest BCUT2D eigenvalue weighted by Gasteiger charge is -2.17. The topological polar surface area (TPSA) is 82.5 Å². The van der Waals surface area contributed by atoms with E-state index in [1.807, 2.05) is 0 Å². The SMILES string of the molecule is CC(=O)NCC(O)C(O)c1cc(F)ccn1. The van der Waals surface area contributed by atoms with Crippen molar-refractivity contribution in [2.75, 3.05) is 6.54 Å². The Hall–Kier alpha value is -1.53. The number of aliphatic hydroxyl groups is 2. The minimum absolute atomic E-state index is 0.0258. The predicted octanol–water partition coefficient (Wildman–Crippen LogP) is -0.249. The molecular formula is C10H13FN2O3. The third kappa shape index (κ3) is 3.56. The standard InChI is InChI=1S/C10H13FN2O3/c1-6(14)13-5-9(15)10(16)8-4-7(11)2-3-12-8/h2-4,9-10,15-16H,5H2,1H3,(H,13,14). The molecule has 1 aromatic heterocycles. The number of carbonyl (C=O) groups excluding carboxylic acids is 1. The molecular weight excluding hydrogens is 215 g/mol. The van der Waals surface area contributed by atoms with Gasteiger partial charge >= 0.3 is 0 Å². The average molecular weight is 228 g/mol. The normalized spacial score (nSPS) is 14.2. The van der Waals surface area contributed by atoms with E-state index in [2.05, 4.69) is 10.3 Å². The van der Waals surface area contributed by atoms with Crippen LogP contribution in [0.2, 0.25) is 0 Å². The fourth-order valence-electron chi connectivity index (χ4n) is 1.14. The van der Waals surface area contributed by atoms with Crippen LogP contribution in [0.4, 0.5) is 4.39 Å². The van der Waals surface area contributed by atoms with Crippen molar-refractivity contribution in [1.82, 2.24) is 10.3 Å². The molecule has 0 saturated heterocycles. The first-order chi connectivity index (χ1) is 7.50. The third-order valence-corrected chi connectivity index (χ3v) is 1.97. The fraction of sp³-hybridized carbons (Fsp3) is 0.400. The van der Waals surface area contributed by atoms with Crippen molar-refractivity contribution in [2.45, 2.75) is 19.1 Å². The predicted molar refractivity (Wildman–Crippen MR) is 53.8 cm³/mol. The summed E-state index contributed by atoms with van der Waals surface area (Å²) in [7, 11) is 0. The summed E-state index contributed by atoms with van der Waals surface area (Å²) in [5, 5.41) is 21.4. The second-order valence-electron chi connectivity index (χ2n) is 3.35. The van der Waals surface area contributed by atoms with Crippen molar-refractivity contribution in [1.29, 1.82) is 0 Å². The van der Waals surface area contributed by atoms with Gasteiger partial charge in [0.2, 0.25) is 5.91 Å². The first-order valence-corrected chi connectivity index (χ1v) is 4.72. The molecule has 1 aromatic rings. The van der Waals surface area contributed by atoms with E-state index in [0.29, 0.717) is 0 Å². The maximum atomic E-state index is 12.8. The molecule has 0 bridgehead atoms. The molecule has 1 amide bonds. The van der Waals surface area contributed by atoms with E-state index in [4.69, 9.17) is 0 Å². The third-order valence-electron chi connectivity index (χ3n) is 1.97. The molecule has 88 valence electrons. The minimum Gasteiger partial charge on any atom is -0.388 e. The molecule has 0 fully saturated rings. The summed E-state index contributed by atoms with van der Waals surface area (Å²) in [6.07, 6.45) is -1.36. The van der Waals surface area contributed by atoms with Gasteiger partial charge < -0.3 is 15.5 Å². The van der Waals surface area contributed by atoms with Crippen LogP contribution in [0.25, 0.3) is 0 Å². The number of aliphatic hydroxyl groups excluding tert-OH is 2. The van der Waals surface area contributed by atoms with Crippen molar-refractivity contribution < 1.29 is 19.4 Å². The lowest BCUT2D eigenvalue weighted by atomic mass is 10.1. The van der Waals surface area contributed by atoms with Crippen molar-refractivity contribution in [3.63, 3.8) is 0 Å². The Bertz CT molecular complexity index is 373. The molecule has 0 spiro atoms. The fourth-order valence-corrected chi connectivity index (χ4v) is 1.14. The van der Waals surface area contributed by atoms with Gasteiger partial charge in [0, 0.05) is 19.7 Å². The Labute approximate surface area is 91.9 Å². The lowest BCUT2D eigenvalue weighted by molar-refractivity contribution is -0.119. The van der Waals surface area contributed by atoms with E-state index in [9.17, 15) is 19.4 Å². The highest BCUT2D eigenvalue weighted by Crippen LogP contribution is 2.14. The summed E-state index contributed by atoms with van der Waals surface area (Å²) in [4.78, 5) is 14.3. The number of hydrogen-bond donors (Lipinski definition) is 3. The van der Waals surface area contributed by atoms with E-state index >= 15 is 0 Å². The molecule has 1 heterocycles. The second kappa shape index (κ2) is 5.53. The molecule has 16 heavy (non-hydrogen) atoms. The van der Waals surface area contributed by atoms with E-state index in [0.717, 1.165) is 12.1 Å². The van der Waals surface area contributed by atoms with E-state index in [1.54, 1.807) is 0 Å². The molecule has 5 nitrogen and oxygen atoms in total. The van der Waals surface area contributed by atoms with Gasteiger partial charge in [-0.2, -0.15) is 0 Å². The van der Waals surface area contributed by atoms with E-state index in [1.165, 1.54) is 13.1 Å². The van der Waals surface area contributed by atoms with E-state index < -0.39 is 18.0 Å². The van der Waals surface area contributed by atoms with Crippen LogP contribution in [0, 0.1) is 5.82 Å². The van der Waals surface area contributed by atoms with Crippen LogP contribution >= 0.6 is 0 Å². The summed E-state index contributed by atoms with van der Waals surface area (Å²) in [6, 6.07) is 2.16. The monoisotopic (exact) mass is 228 g/mol. The number of amides is 1. The van der Waals surface area contributed by atoms with Crippen LogP contribution in [0.5, 0.6) is 0 Å². The van der Waals surface area contributed by atoms with Gasteiger partial charge in [-0.05, 0) is 12.1 Å². The molecule has 3 N–H and O–H groups in total. The average Bonchev–Trinajstić information content (AvgIpc) is 2.24. The first kappa shape index (κ1) is 12.5. The maximum Gasteiger partial charge on any atom is 0.216 e. The zero-order valence-corrected chi connectivity index (χ0v) is 8.72. The molecule has 0 aliphatic heterocycles. The Morgan fingerprint density at radius 2 is 2.31 bits per heavy atom. The van der Waals surface area contributed by atoms with Crippen molar-refractivity contribution in [3.8, 4) is 0 Å². The molecule has 0 aromatic carbocycles. The van der Waals surface area contributed by atoms with Crippen LogP contribution in [-0.2, 0) is 4.79 Å². The highest BCUT2D eigenvalue weighted by atomic mass is 19.1. The summed E-state index contributed by atoms with van der Waals surface area (Å²) >= 11 is 0. The molecule has 0 aliphatic carbocycles. The van der Waals surface area contributed by atoms with Gasteiger partial charge in [-0.3, -0.25) is 9.78 Å². The van der Waals surface area contributed by atoms with Crippen LogP contribution < -0.4 is 5.32 Å². The quantitative estimate of drug-likeness (QED) is 0.663. The number of nitrogens with zero attached hydrogens (tertiary/aromatic N) is 1. The largest absolute Gasteiger partial charge is 0.388 e. The Balaban J connectivity index is 2.62. The van der Waals surface area contributed by atoms with Crippen molar-refractivity contribution >= 4 is 5.91 Å². The van der Waals surface area contributed by atoms with Gasteiger partial charge in [-0.15, -0.1) is 0 Å². The smallest absolute Gasteiger partial charge is 0.216 e. The lowest BCUT2D eigenvalue weighted by Crippen LogP contribution is -2.34. The maximum absolute atomic E-state index is 12.8. The van der Waals surface area contributed by atoms with Crippen molar-refractivity contribution in [2.24, 2.45) is 0 Å². The van der Waals surface area contributed by atoms with Crippen LogP contribution in [-0.4, -0.2) is 33.8 Å². The van der Waals surface area contributed by atoms with Crippen LogP contribution in [0.15, 0.2) is 18.3 Å². The molecule has 0 saturated carbocycles.